The molecule has 0 N–H and O–H groups in total. The molecule has 0 spiro atoms. The monoisotopic (exact) mass is 169 g/mol. The second kappa shape index (κ2) is 2.79. The number of nitrogens with zero attached hydrogens (tertiary/aromatic N) is 1. The number of fused-ring (bicyclic) bond motifs is 1. The van der Waals surface area contributed by atoms with Gasteiger partial charge >= 0.3 is 0 Å². The van der Waals surface area contributed by atoms with Crippen LogP contribution < -0.4 is 0 Å². The summed E-state index contributed by atoms with van der Waals surface area (Å²) in [5.74, 6) is 1.00. The molecule has 0 aromatic heterocycles. The first-order valence-corrected chi connectivity index (χ1v) is 3.98. The van der Waals surface area contributed by atoms with Crippen LogP contribution in [0.25, 0.3) is 0 Å². The first-order chi connectivity index (χ1) is 5.81. The van der Waals surface area contributed by atoms with E-state index >= 15 is 0 Å². The number of ether oxygens (including phenoxy) is 2. The van der Waals surface area contributed by atoms with Crippen molar-refractivity contribution in [2.75, 3.05) is 13.7 Å². The summed E-state index contributed by atoms with van der Waals surface area (Å²) < 4.78 is 10.3. The number of rotatable bonds is 3. The van der Waals surface area contributed by atoms with Gasteiger partial charge in [0.2, 0.25) is 5.91 Å². The quantitative estimate of drug-likeness (QED) is 0.576. The Labute approximate surface area is 70.7 Å². The highest BCUT2D eigenvalue weighted by Gasteiger charge is 2.41. The lowest BCUT2D eigenvalue weighted by Gasteiger charge is -2.31. The van der Waals surface area contributed by atoms with E-state index in [1.807, 2.05) is 0 Å². The summed E-state index contributed by atoms with van der Waals surface area (Å²) in [5, 5.41) is 0. The van der Waals surface area contributed by atoms with Gasteiger partial charge < -0.3 is 9.47 Å². The second-order valence-corrected chi connectivity index (χ2v) is 2.92. The molecule has 0 radical (unpaired) electrons. The van der Waals surface area contributed by atoms with Crippen molar-refractivity contribution < 1.29 is 14.3 Å². The van der Waals surface area contributed by atoms with Crippen molar-refractivity contribution in [3.05, 3.63) is 12.0 Å². The third-order valence-electron chi connectivity index (χ3n) is 2.07. The molecular weight excluding hydrogens is 158 g/mol. The highest BCUT2D eigenvalue weighted by atomic mass is 16.5. The van der Waals surface area contributed by atoms with Gasteiger partial charge in [0.15, 0.2) is 6.23 Å². The number of hydrogen-bond donors (Lipinski definition) is 0. The van der Waals surface area contributed by atoms with Crippen LogP contribution in [0.1, 0.15) is 12.8 Å². The van der Waals surface area contributed by atoms with Crippen LogP contribution in [0.15, 0.2) is 12.0 Å². The van der Waals surface area contributed by atoms with Crippen molar-refractivity contribution in [2.24, 2.45) is 0 Å². The van der Waals surface area contributed by atoms with Gasteiger partial charge in [-0.15, -0.1) is 0 Å². The van der Waals surface area contributed by atoms with Crippen LogP contribution in [0.5, 0.6) is 0 Å². The standard InChI is InChI=1S/C8H11NO3/c1-11-3-2-6-5-9-7(10)4-8(9)12-6/h5,8H,2-4H2,1H3/t8-/m1/s1. The van der Waals surface area contributed by atoms with E-state index in [2.05, 4.69) is 0 Å². The molecule has 2 aliphatic rings. The molecule has 0 aliphatic carbocycles. The normalized spacial score (nSPS) is 26.1. The van der Waals surface area contributed by atoms with E-state index in [1.165, 1.54) is 0 Å². The predicted molar refractivity (Wildman–Crippen MR) is 40.9 cm³/mol. The SMILES string of the molecule is COCCC1=CN2C(=O)C[C@H]2O1. The summed E-state index contributed by atoms with van der Waals surface area (Å²) in [4.78, 5) is 12.5. The first kappa shape index (κ1) is 7.61. The summed E-state index contributed by atoms with van der Waals surface area (Å²) in [7, 11) is 1.65. The molecule has 0 aromatic rings. The van der Waals surface area contributed by atoms with Crippen molar-refractivity contribution >= 4 is 5.91 Å². The van der Waals surface area contributed by atoms with Gasteiger partial charge in [0.05, 0.1) is 13.0 Å². The molecule has 2 rings (SSSR count). The van der Waals surface area contributed by atoms with Crippen molar-refractivity contribution in [1.29, 1.82) is 0 Å². The molecule has 4 heteroatoms. The Morgan fingerprint density at radius 2 is 2.67 bits per heavy atom. The zero-order valence-corrected chi connectivity index (χ0v) is 6.95. The van der Waals surface area contributed by atoms with Gasteiger partial charge in [-0.3, -0.25) is 9.69 Å². The molecule has 1 amide bonds. The molecule has 2 heterocycles. The lowest BCUT2D eigenvalue weighted by Crippen LogP contribution is -2.46. The van der Waals surface area contributed by atoms with Gasteiger partial charge in [0.1, 0.15) is 5.76 Å². The van der Waals surface area contributed by atoms with Gasteiger partial charge in [-0.25, -0.2) is 0 Å². The fraction of sp³-hybridized carbons (Fsp3) is 0.625. The van der Waals surface area contributed by atoms with Crippen molar-refractivity contribution in [2.45, 2.75) is 19.1 Å². The maximum atomic E-state index is 10.9. The van der Waals surface area contributed by atoms with Crippen LogP contribution in [-0.2, 0) is 14.3 Å². The van der Waals surface area contributed by atoms with Crippen molar-refractivity contribution in [3.63, 3.8) is 0 Å². The number of methoxy groups -OCH3 is 1. The lowest BCUT2D eigenvalue weighted by molar-refractivity contribution is -0.153. The molecule has 2 aliphatic heterocycles. The number of hydrogen-bond acceptors (Lipinski definition) is 3. The number of amides is 1. The van der Waals surface area contributed by atoms with Crippen LogP contribution >= 0.6 is 0 Å². The van der Waals surface area contributed by atoms with E-state index in [0.717, 1.165) is 12.2 Å². The third kappa shape index (κ3) is 1.08. The Bertz CT molecular complexity index is 236. The molecule has 66 valence electrons. The van der Waals surface area contributed by atoms with Crippen LogP contribution in [0.2, 0.25) is 0 Å². The Kier molecular flexibility index (Phi) is 1.77. The lowest BCUT2D eigenvalue weighted by atomic mass is 10.2. The van der Waals surface area contributed by atoms with E-state index in [4.69, 9.17) is 9.47 Å². The van der Waals surface area contributed by atoms with Gasteiger partial charge in [-0.05, 0) is 0 Å². The number of carbonyl (C=O) groups is 1. The molecule has 4 nitrogen and oxygen atoms in total. The van der Waals surface area contributed by atoms with Gasteiger partial charge in [0, 0.05) is 19.7 Å². The van der Waals surface area contributed by atoms with Crippen molar-refractivity contribution in [1.82, 2.24) is 4.90 Å². The van der Waals surface area contributed by atoms with E-state index in [9.17, 15) is 4.79 Å². The molecule has 1 fully saturated rings. The number of β-lactam (4-membered cyclic amide) rings is 1. The van der Waals surface area contributed by atoms with E-state index in [0.29, 0.717) is 13.0 Å². The molecule has 0 saturated carbocycles. The highest BCUT2D eigenvalue weighted by Crippen LogP contribution is 2.31. The fourth-order valence-electron chi connectivity index (χ4n) is 1.34. The minimum atomic E-state index is -0.00986. The molecular formula is C8H11NO3. The van der Waals surface area contributed by atoms with E-state index < -0.39 is 0 Å². The minimum absolute atomic E-state index is 0.00986. The van der Waals surface area contributed by atoms with Gasteiger partial charge in [-0.2, -0.15) is 0 Å². The average Bonchev–Trinajstić information content (AvgIpc) is 2.39. The Balaban J connectivity index is 1.89. The zero-order valence-electron chi connectivity index (χ0n) is 6.95. The summed E-state index contributed by atoms with van der Waals surface area (Å²) in [5.41, 5.74) is 0. The Morgan fingerprint density at radius 1 is 1.83 bits per heavy atom. The molecule has 12 heavy (non-hydrogen) atoms. The molecule has 1 saturated heterocycles. The first-order valence-electron chi connectivity index (χ1n) is 3.98. The Hall–Kier alpha value is -1.03. The third-order valence-corrected chi connectivity index (χ3v) is 2.07. The van der Waals surface area contributed by atoms with E-state index in [1.54, 1.807) is 18.2 Å². The second-order valence-electron chi connectivity index (χ2n) is 2.92. The maximum absolute atomic E-state index is 10.9. The fourth-order valence-corrected chi connectivity index (χ4v) is 1.34. The minimum Gasteiger partial charge on any atom is -0.472 e. The molecule has 1 atom stereocenters. The highest BCUT2D eigenvalue weighted by molar-refractivity contribution is 5.84. The van der Waals surface area contributed by atoms with Crippen LogP contribution in [0.4, 0.5) is 0 Å². The smallest absolute Gasteiger partial charge is 0.235 e. The maximum Gasteiger partial charge on any atom is 0.235 e. The van der Waals surface area contributed by atoms with Gasteiger partial charge in [0.25, 0.3) is 0 Å². The van der Waals surface area contributed by atoms with Crippen LogP contribution in [0, 0.1) is 0 Å². The Morgan fingerprint density at radius 3 is 3.25 bits per heavy atom. The topological polar surface area (TPSA) is 38.8 Å². The molecule has 0 bridgehead atoms. The largest absolute Gasteiger partial charge is 0.472 e. The van der Waals surface area contributed by atoms with Crippen LogP contribution in [0.3, 0.4) is 0 Å². The number of carbonyl (C=O) groups excluding carboxylic acids is 1. The van der Waals surface area contributed by atoms with E-state index in [-0.39, 0.29) is 12.1 Å². The summed E-state index contributed by atoms with van der Waals surface area (Å²) in [6.07, 6.45) is 3.03. The molecule has 0 unspecified atom stereocenters. The average molecular weight is 169 g/mol. The van der Waals surface area contributed by atoms with Gasteiger partial charge in [-0.1, -0.05) is 0 Å². The summed E-state index contributed by atoms with van der Waals surface area (Å²) >= 11 is 0. The summed E-state index contributed by atoms with van der Waals surface area (Å²) in [6, 6.07) is 0. The molecule has 0 aromatic carbocycles. The predicted octanol–water partition coefficient (Wildman–Crippen LogP) is 0.453. The van der Waals surface area contributed by atoms with Crippen LogP contribution in [-0.4, -0.2) is 30.8 Å². The van der Waals surface area contributed by atoms with Crippen molar-refractivity contribution in [3.8, 4) is 0 Å². The summed E-state index contributed by atoms with van der Waals surface area (Å²) in [6.45, 7) is 0.639. The zero-order chi connectivity index (χ0) is 8.55.